The summed E-state index contributed by atoms with van der Waals surface area (Å²) < 4.78 is 5.32. The molecule has 0 aromatic carbocycles. The zero-order valence-corrected chi connectivity index (χ0v) is 10.4. The molecule has 1 amide bonds. The van der Waals surface area contributed by atoms with Gasteiger partial charge in [-0.25, -0.2) is 0 Å². The molecular formula is C11H20N4O2. The summed E-state index contributed by atoms with van der Waals surface area (Å²) >= 11 is 0. The van der Waals surface area contributed by atoms with E-state index >= 15 is 0 Å². The van der Waals surface area contributed by atoms with Crippen molar-refractivity contribution in [2.45, 2.75) is 26.7 Å². The number of anilines is 1. The smallest absolute Gasteiger partial charge is 0.274 e. The molecule has 0 aliphatic carbocycles. The maximum atomic E-state index is 11.6. The number of hydrogen-bond donors (Lipinski definition) is 3. The van der Waals surface area contributed by atoms with Gasteiger partial charge in [-0.05, 0) is 13.3 Å². The third-order valence-corrected chi connectivity index (χ3v) is 2.38. The zero-order valence-electron chi connectivity index (χ0n) is 10.4. The Morgan fingerprint density at radius 3 is 2.88 bits per heavy atom. The number of nitrogens with one attached hydrogen (secondary N) is 2. The number of aromatic nitrogens is 2. The lowest BCUT2D eigenvalue weighted by Crippen LogP contribution is -2.28. The van der Waals surface area contributed by atoms with Crippen LogP contribution in [0.2, 0.25) is 0 Å². The van der Waals surface area contributed by atoms with Gasteiger partial charge in [0.2, 0.25) is 0 Å². The van der Waals surface area contributed by atoms with Crippen LogP contribution in [0, 0.1) is 6.92 Å². The Bertz CT molecular complexity index is 362. The largest absolute Gasteiger partial charge is 0.395 e. The number of carbonyl (C=O) groups is 1. The molecule has 0 unspecified atom stereocenters. The third kappa shape index (κ3) is 4.07. The van der Waals surface area contributed by atoms with Crippen molar-refractivity contribution in [2.75, 3.05) is 25.5 Å². The summed E-state index contributed by atoms with van der Waals surface area (Å²) in [7, 11) is 0. The van der Waals surface area contributed by atoms with Crippen molar-refractivity contribution in [3.8, 4) is 0 Å². The number of ether oxygens (including phenoxy) is 1. The summed E-state index contributed by atoms with van der Waals surface area (Å²) in [6.07, 6.45) is 2.15. The molecule has 96 valence electrons. The van der Waals surface area contributed by atoms with Gasteiger partial charge >= 0.3 is 0 Å². The van der Waals surface area contributed by atoms with Gasteiger partial charge in [0, 0.05) is 13.2 Å². The molecule has 0 saturated carbocycles. The number of nitrogens with zero attached hydrogens (tertiary/aromatic N) is 1. The number of rotatable bonds is 7. The first-order chi connectivity index (χ1) is 8.16. The normalized spacial score (nSPS) is 10.5. The predicted molar refractivity (Wildman–Crippen MR) is 65.8 cm³/mol. The summed E-state index contributed by atoms with van der Waals surface area (Å²) in [4.78, 5) is 11.6. The molecule has 0 fully saturated rings. The molecule has 0 spiro atoms. The first-order valence-electron chi connectivity index (χ1n) is 5.83. The Hall–Kier alpha value is -1.56. The van der Waals surface area contributed by atoms with E-state index in [1.807, 2.05) is 0 Å². The Labute approximate surface area is 101 Å². The van der Waals surface area contributed by atoms with Crippen LogP contribution in [-0.2, 0) is 4.74 Å². The van der Waals surface area contributed by atoms with Gasteiger partial charge in [-0.1, -0.05) is 13.3 Å². The molecule has 0 saturated heterocycles. The van der Waals surface area contributed by atoms with Crippen LogP contribution < -0.4 is 11.1 Å². The van der Waals surface area contributed by atoms with Crippen LogP contribution >= 0.6 is 0 Å². The Kier molecular flexibility index (Phi) is 5.48. The van der Waals surface area contributed by atoms with E-state index in [2.05, 4.69) is 22.4 Å². The van der Waals surface area contributed by atoms with Crippen molar-refractivity contribution in [1.82, 2.24) is 15.5 Å². The Morgan fingerprint density at radius 2 is 2.29 bits per heavy atom. The maximum Gasteiger partial charge on any atom is 0.274 e. The molecule has 0 aliphatic rings. The van der Waals surface area contributed by atoms with E-state index in [-0.39, 0.29) is 11.6 Å². The van der Waals surface area contributed by atoms with E-state index in [4.69, 9.17) is 10.5 Å². The molecule has 0 radical (unpaired) electrons. The summed E-state index contributed by atoms with van der Waals surface area (Å²) in [6.45, 7) is 5.58. The van der Waals surface area contributed by atoms with Crippen LogP contribution in [0.4, 0.5) is 5.69 Å². The average molecular weight is 240 g/mol. The molecule has 0 bridgehead atoms. The number of aryl methyl sites for hydroxylation is 1. The SMILES string of the molecule is CCCCOCCNC(=O)c1n[nH]c(C)c1N. The lowest BCUT2D eigenvalue weighted by Gasteiger charge is -2.05. The van der Waals surface area contributed by atoms with Crippen LogP contribution in [-0.4, -0.2) is 35.9 Å². The number of aromatic amines is 1. The number of nitrogens with two attached hydrogens (primary N) is 1. The monoisotopic (exact) mass is 240 g/mol. The van der Waals surface area contributed by atoms with Gasteiger partial charge in [-0.15, -0.1) is 0 Å². The van der Waals surface area contributed by atoms with Crippen LogP contribution in [0.1, 0.15) is 35.9 Å². The van der Waals surface area contributed by atoms with Crippen molar-refractivity contribution < 1.29 is 9.53 Å². The average Bonchev–Trinajstić information content (AvgIpc) is 2.64. The van der Waals surface area contributed by atoms with Gasteiger partial charge in [0.25, 0.3) is 5.91 Å². The van der Waals surface area contributed by atoms with Crippen LogP contribution in [0.25, 0.3) is 0 Å². The standard InChI is InChI=1S/C11H20N4O2/c1-3-4-6-17-7-5-13-11(16)10-9(12)8(2)14-15-10/h3-7,12H2,1-2H3,(H,13,16)(H,14,15). The number of unbranched alkanes of at least 4 members (excludes halogenated alkanes) is 1. The van der Waals surface area contributed by atoms with Crippen LogP contribution in [0.5, 0.6) is 0 Å². The Balaban J connectivity index is 2.24. The molecule has 1 aromatic heterocycles. The minimum Gasteiger partial charge on any atom is -0.395 e. The number of H-pyrrole nitrogens is 1. The fourth-order valence-electron chi connectivity index (χ4n) is 1.28. The first kappa shape index (κ1) is 13.5. The summed E-state index contributed by atoms with van der Waals surface area (Å²) in [5.74, 6) is -0.272. The number of hydrogen-bond acceptors (Lipinski definition) is 4. The molecular weight excluding hydrogens is 220 g/mol. The van der Waals surface area contributed by atoms with Crippen molar-refractivity contribution in [2.24, 2.45) is 0 Å². The first-order valence-corrected chi connectivity index (χ1v) is 5.83. The van der Waals surface area contributed by atoms with E-state index in [1.165, 1.54) is 0 Å². The van der Waals surface area contributed by atoms with Gasteiger partial charge in [-0.3, -0.25) is 9.89 Å². The molecule has 6 heteroatoms. The second-order valence-electron chi connectivity index (χ2n) is 3.83. The predicted octanol–water partition coefficient (Wildman–Crippen LogP) is 0.847. The lowest BCUT2D eigenvalue weighted by molar-refractivity contribution is 0.0909. The molecule has 17 heavy (non-hydrogen) atoms. The number of carbonyl (C=O) groups excluding carboxylic acids is 1. The highest BCUT2D eigenvalue weighted by Crippen LogP contribution is 2.11. The van der Waals surface area contributed by atoms with E-state index in [9.17, 15) is 4.79 Å². The summed E-state index contributed by atoms with van der Waals surface area (Å²) in [5, 5.41) is 9.21. The molecule has 4 N–H and O–H groups in total. The van der Waals surface area contributed by atoms with Gasteiger partial charge in [-0.2, -0.15) is 5.10 Å². The van der Waals surface area contributed by atoms with Gasteiger partial charge < -0.3 is 15.8 Å². The summed E-state index contributed by atoms with van der Waals surface area (Å²) in [5.41, 5.74) is 7.03. The minimum atomic E-state index is -0.272. The second-order valence-corrected chi connectivity index (χ2v) is 3.83. The molecule has 1 heterocycles. The van der Waals surface area contributed by atoms with Gasteiger partial charge in [0.05, 0.1) is 18.0 Å². The van der Waals surface area contributed by atoms with Crippen molar-refractivity contribution in [3.63, 3.8) is 0 Å². The van der Waals surface area contributed by atoms with E-state index in [1.54, 1.807) is 6.92 Å². The quantitative estimate of drug-likeness (QED) is 0.616. The second kappa shape index (κ2) is 6.90. The van der Waals surface area contributed by atoms with E-state index in [0.29, 0.717) is 24.5 Å². The lowest BCUT2D eigenvalue weighted by atomic mass is 10.3. The van der Waals surface area contributed by atoms with E-state index in [0.717, 1.165) is 19.4 Å². The Morgan fingerprint density at radius 1 is 1.53 bits per heavy atom. The fraction of sp³-hybridized carbons (Fsp3) is 0.636. The summed E-state index contributed by atoms with van der Waals surface area (Å²) in [6, 6.07) is 0. The van der Waals surface area contributed by atoms with E-state index < -0.39 is 0 Å². The highest BCUT2D eigenvalue weighted by Gasteiger charge is 2.14. The molecule has 6 nitrogen and oxygen atoms in total. The molecule has 0 aliphatic heterocycles. The van der Waals surface area contributed by atoms with Gasteiger partial charge in [0.15, 0.2) is 5.69 Å². The molecule has 0 atom stereocenters. The van der Waals surface area contributed by atoms with Crippen LogP contribution in [0.3, 0.4) is 0 Å². The number of amides is 1. The highest BCUT2D eigenvalue weighted by atomic mass is 16.5. The van der Waals surface area contributed by atoms with Gasteiger partial charge in [0.1, 0.15) is 0 Å². The van der Waals surface area contributed by atoms with Crippen molar-refractivity contribution in [1.29, 1.82) is 0 Å². The maximum absolute atomic E-state index is 11.6. The van der Waals surface area contributed by atoms with Crippen LogP contribution in [0.15, 0.2) is 0 Å². The molecule has 1 rings (SSSR count). The molecule has 1 aromatic rings. The third-order valence-electron chi connectivity index (χ3n) is 2.38. The fourth-order valence-corrected chi connectivity index (χ4v) is 1.28. The van der Waals surface area contributed by atoms with Crippen molar-refractivity contribution >= 4 is 11.6 Å². The number of nitrogen functional groups attached to an aromatic ring is 1. The van der Waals surface area contributed by atoms with Crippen molar-refractivity contribution in [3.05, 3.63) is 11.4 Å². The highest BCUT2D eigenvalue weighted by molar-refractivity contribution is 5.97. The topological polar surface area (TPSA) is 93.0 Å². The zero-order chi connectivity index (χ0) is 12.7. The minimum absolute atomic E-state index is 0.246.